The lowest BCUT2D eigenvalue weighted by Crippen LogP contribution is -2.61. The van der Waals surface area contributed by atoms with E-state index in [1.54, 1.807) is 37.3 Å². The highest BCUT2D eigenvalue weighted by molar-refractivity contribution is 6.00. The molecule has 0 radical (unpaired) electrons. The molecule has 1 unspecified atom stereocenters. The van der Waals surface area contributed by atoms with Crippen molar-refractivity contribution < 1.29 is 48.3 Å². The summed E-state index contributed by atoms with van der Waals surface area (Å²) in [4.78, 5) is 130. The standard InChI is InChI=1S/C46H67N17O10/c1-3-23(2)38(59-43(71)32(18-37(49)66)56-42(70)31(17-36(48)65)55-40(68)28(47)12-8-14-53-46(51)52)45(73)62-20-25(33-21-63(61-60-33)26-9-4-5-10-26)16-35(62)44(72)57-30(41(69)58-34(22-64)39(50)67)15-24-19-54-29-13-7-6-11-27(24)29/h4-7,9,11,13,19,21,23,25,28,30-32,34-35,38,54,60-61,64H,3,8,10,12,14-18,20,22,47H2,1-2H3,(H2,48,65)(H2,49,66)(H2,50,67)(H,55,68)(H,56,70)(H,57,72)(H,58,69)(H,59,71)(H4,51,52,53)/t23-,25?,28-,30-,31-,32-,34-,35-,38-/m0/s1. The zero-order valence-electron chi connectivity index (χ0n) is 40.6. The molecule has 27 heteroatoms. The maximum Gasteiger partial charge on any atom is 0.246 e. The number of aliphatic imine (C=N–C) groups is 1. The number of fused-ring (bicyclic) bond motifs is 1. The lowest BCUT2D eigenvalue weighted by atomic mass is 9.96. The molecule has 1 aliphatic carbocycles. The summed E-state index contributed by atoms with van der Waals surface area (Å²) in [6.07, 6.45) is 8.90. The Morgan fingerprint density at radius 1 is 0.849 bits per heavy atom. The second-order valence-electron chi connectivity index (χ2n) is 18.1. The minimum atomic E-state index is -1.76. The van der Waals surface area contributed by atoms with Crippen molar-refractivity contribution in [3.63, 3.8) is 0 Å². The Bertz CT molecular complexity index is 2520. The van der Waals surface area contributed by atoms with Crippen LogP contribution in [0.15, 0.2) is 71.3 Å². The highest BCUT2D eigenvalue weighted by atomic mass is 16.3. The number of H-pyrrole nitrogens is 1. The number of aromatic nitrogens is 1. The van der Waals surface area contributed by atoms with Gasteiger partial charge in [-0.3, -0.25) is 53.2 Å². The molecule has 21 N–H and O–H groups in total. The normalized spacial score (nSPS) is 18.9. The number of benzene rings is 1. The van der Waals surface area contributed by atoms with Crippen LogP contribution in [-0.4, -0.2) is 141 Å². The van der Waals surface area contributed by atoms with E-state index >= 15 is 4.79 Å². The largest absolute Gasteiger partial charge is 0.394 e. The number of rotatable bonds is 27. The summed E-state index contributed by atoms with van der Waals surface area (Å²) in [6.45, 7) is 2.67. The number of likely N-dealkylation sites (tertiary alicyclic amines) is 1. The maximum absolute atomic E-state index is 15.1. The molecule has 0 bridgehead atoms. The number of carbonyl (C=O) groups excluding carboxylic acids is 9. The number of nitrogens with two attached hydrogens (primary N) is 6. The van der Waals surface area contributed by atoms with Gasteiger partial charge in [-0.1, -0.05) is 50.6 Å². The van der Waals surface area contributed by atoms with Crippen LogP contribution in [0.3, 0.4) is 0 Å². The molecule has 3 heterocycles. The van der Waals surface area contributed by atoms with Gasteiger partial charge in [0.25, 0.3) is 0 Å². The number of aliphatic hydroxyl groups excluding tert-OH is 1. The van der Waals surface area contributed by atoms with Crippen molar-refractivity contribution in [3.8, 4) is 0 Å². The molecule has 0 saturated carbocycles. The lowest BCUT2D eigenvalue weighted by molar-refractivity contribution is -0.144. The van der Waals surface area contributed by atoms with E-state index in [0.717, 1.165) is 16.6 Å². The number of allylic oxidation sites excluding steroid dienone is 3. The fourth-order valence-corrected chi connectivity index (χ4v) is 8.47. The van der Waals surface area contributed by atoms with E-state index in [-0.39, 0.29) is 44.7 Å². The predicted octanol–water partition coefficient (Wildman–Crippen LogP) is -4.98. The fraction of sp³-hybridized carbons (Fsp3) is 0.478. The van der Waals surface area contributed by atoms with Crippen molar-refractivity contribution in [1.29, 1.82) is 0 Å². The van der Waals surface area contributed by atoms with Gasteiger partial charge < -0.3 is 81.4 Å². The minimum absolute atomic E-state index is 0.0135. The number of aromatic amines is 1. The van der Waals surface area contributed by atoms with Gasteiger partial charge in [-0.2, -0.15) is 0 Å². The number of hydrogen-bond donors (Lipinski definition) is 15. The van der Waals surface area contributed by atoms with Gasteiger partial charge in [-0.05, 0) is 42.9 Å². The van der Waals surface area contributed by atoms with E-state index in [2.05, 4.69) is 47.5 Å². The van der Waals surface area contributed by atoms with Crippen LogP contribution in [0, 0.1) is 11.8 Å². The highest BCUT2D eigenvalue weighted by Crippen LogP contribution is 2.32. The molecule has 1 fully saturated rings. The van der Waals surface area contributed by atoms with Crippen LogP contribution in [0.25, 0.3) is 10.9 Å². The molecule has 9 amide bonds. The molecule has 0 spiro atoms. The molecule has 1 aromatic carbocycles. The summed E-state index contributed by atoms with van der Waals surface area (Å²) in [5.74, 6) is -9.77. The van der Waals surface area contributed by atoms with E-state index < -0.39 is 127 Å². The highest BCUT2D eigenvalue weighted by Gasteiger charge is 2.46. The Morgan fingerprint density at radius 3 is 2.11 bits per heavy atom. The number of nitrogens with one attached hydrogen (secondary N) is 8. The molecule has 9 atom stereocenters. The first-order chi connectivity index (χ1) is 34.7. The maximum atomic E-state index is 15.1. The Balaban J connectivity index is 1.43. The second-order valence-corrected chi connectivity index (χ2v) is 18.1. The molecule has 27 nitrogen and oxygen atoms in total. The first-order valence-electron chi connectivity index (χ1n) is 23.7. The Kier molecular flexibility index (Phi) is 19.8. The van der Waals surface area contributed by atoms with E-state index in [1.807, 2.05) is 36.4 Å². The molecule has 1 saturated heterocycles. The number of primary amides is 3. The molecule has 1 aromatic heterocycles. The van der Waals surface area contributed by atoms with Crippen molar-refractivity contribution in [2.45, 2.75) is 108 Å². The number of hydrazine groups is 2. The van der Waals surface area contributed by atoms with E-state index in [4.69, 9.17) is 34.4 Å². The van der Waals surface area contributed by atoms with Gasteiger partial charge in [0, 0.05) is 60.8 Å². The van der Waals surface area contributed by atoms with Crippen molar-refractivity contribution in [3.05, 3.63) is 71.8 Å². The number of para-hydroxylation sites is 1. The van der Waals surface area contributed by atoms with E-state index in [9.17, 15) is 43.5 Å². The molecule has 2 aromatic rings. The smallest absolute Gasteiger partial charge is 0.246 e. The number of amides is 9. The Labute approximate surface area is 420 Å². The number of aliphatic hydroxyl groups is 1. The summed E-state index contributed by atoms with van der Waals surface area (Å²) >= 11 is 0. The quantitative estimate of drug-likeness (QED) is 0.0226. The molecular formula is C46H67N17O10. The van der Waals surface area contributed by atoms with Crippen LogP contribution in [0.1, 0.15) is 64.4 Å². The van der Waals surface area contributed by atoms with Gasteiger partial charge in [-0.25, -0.2) is 0 Å². The van der Waals surface area contributed by atoms with E-state index in [1.165, 1.54) is 4.90 Å². The number of hydrogen-bond acceptors (Lipinski definition) is 15. The average Bonchev–Trinajstić information content (AvgIpc) is 4.20. The van der Waals surface area contributed by atoms with Crippen molar-refractivity contribution in [2.75, 3.05) is 19.7 Å². The van der Waals surface area contributed by atoms with Crippen molar-refractivity contribution in [2.24, 2.45) is 51.2 Å². The van der Waals surface area contributed by atoms with Crippen LogP contribution in [0.2, 0.25) is 0 Å². The van der Waals surface area contributed by atoms with Crippen molar-refractivity contribution in [1.82, 2.24) is 52.4 Å². The van der Waals surface area contributed by atoms with Gasteiger partial charge >= 0.3 is 0 Å². The van der Waals surface area contributed by atoms with Gasteiger partial charge in [0.2, 0.25) is 53.2 Å². The van der Waals surface area contributed by atoms with Crippen LogP contribution in [-0.2, 0) is 49.6 Å². The lowest BCUT2D eigenvalue weighted by Gasteiger charge is -2.33. The van der Waals surface area contributed by atoms with Gasteiger partial charge in [0.05, 0.1) is 31.2 Å². The zero-order chi connectivity index (χ0) is 53.5. The fourth-order valence-electron chi connectivity index (χ4n) is 8.47. The Hall–Kier alpha value is -8.04. The van der Waals surface area contributed by atoms with Gasteiger partial charge in [0.1, 0.15) is 36.3 Å². The Morgan fingerprint density at radius 2 is 1.49 bits per heavy atom. The van der Waals surface area contributed by atoms with Crippen LogP contribution >= 0.6 is 0 Å². The predicted molar refractivity (Wildman–Crippen MR) is 265 cm³/mol. The topological polar surface area (TPSA) is 449 Å². The first-order valence-corrected chi connectivity index (χ1v) is 23.7. The summed E-state index contributed by atoms with van der Waals surface area (Å²) in [6, 6.07) is -2.92. The second kappa shape index (κ2) is 25.9. The zero-order valence-corrected chi connectivity index (χ0v) is 40.6. The van der Waals surface area contributed by atoms with E-state index in [0.29, 0.717) is 24.1 Å². The number of guanidine groups is 1. The SMILES string of the molecule is CC[C@H](C)[C@H](NC(=O)[C@H](CC(N)=O)NC(=O)[C@H](CC(N)=O)NC(=O)[C@@H](N)CCCN=C(N)N)C(=O)N1CC(C2=CN(C3=CC=CC3)NN2)C[C@H]1C(=O)N[C@@H](Cc1c[nH]c2ccccc12)C(=O)N[C@@H](CO)C(N)=O. The minimum Gasteiger partial charge on any atom is -0.394 e. The third-order valence-electron chi connectivity index (χ3n) is 12.7. The molecule has 3 aliphatic rings. The van der Waals surface area contributed by atoms with Crippen LogP contribution in [0.5, 0.6) is 0 Å². The number of nitrogens with zero attached hydrogens (tertiary/aromatic N) is 3. The van der Waals surface area contributed by atoms with Crippen molar-refractivity contribution >= 4 is 70.0 Å². The monoisotopic (exact) mass is 1020 g/mol. The summed E-state index contributed by atoms with van der Waals surface area (Å²) in [7, 11) is 0. The summed E-state index contributed by atoms with van der Waals surface area (Å²) in [5.41, 5.74) is 42.1. The summed E-state index contributed by atoms with van der Waals surface area (Å²) < 4.78 is 0. The third-order valence-corrected chi connectivity index (χ3v) is 12.7. The summed E-state index contributed by atoms with van der Waals surface area (Å²) in [5, 5.41) is 24.9. The van der Waals surface area contributed by atoms with Gasteiger partial charge in [-0.15, -0.1) is 5.53 Å². The average molecular weight is 1020 g/mol. The van der Waals surface area contributed by atoms with Crippen LogP contribution in [0.4, 0.5) is 0 Å². The molecule has 2 aliphatic heterocycles. The molecular weight excluding hydrogens is 951 g/mol. The van der Waals surface area contributed by atoms with Crippen LogP contribution < -0.4 is 71.9 Å². The van der Waals surface area contributed by atoms with Gasteiger partial charge in [0.15, 0.2) is 5.96 Å². The molecule has 5 rings (SSSR count). The first kappa shape index (κ1) is 55.9. The molecule has 396 valence electrons. The molecule has 73 heavy (non-hydrogen) atoms. The number of carbonyl (C=O) groups is 9. The third kappa shape index (κ3) is 15.2.